The molecular weight excluding hydrogens is 248 g/mol. The third kappa shape index (κ3) is 2.66. The van der Waals surface area contributed by atoms with E-state index in [4.69, 9.17) is 4.74 Å². The Morgan fingerprint density at radius 3 is 2.25 bits per heavy atom. The highest BCUT2D eigenvalue weighted by Gasteiger charge is 2.33. The second kappa shape index (κ2) is 6.02. The zero-order valence-electron chi connectivity index (χ0n) is 11.4. The van der Waals surface area contributed by atoms with Gasteiger partial charge >= 0.3 is 0 Å². The molecule has 3 rings (SSSR count). The first kappa shape index (κ1) is 13.1. The van der Waals surface area contributed by atoms with Crippen LogP contribution in [0.15, 0.2) is 60.7 Å². The lowest BCUT2D eigenvalue weighted by atomic mass is 9.85. The second-order valence-corrected chi connectivity index (χ2v) is 5.17. The lowest BCUT2D eigenvalue weighted by Gasteiger charge is -2.22. The van der Waals surface area contributed by atoms with Crippen molar-refractivity contribution in [3.8, 4) is 0 Å². The molecule has 2 aromatic carbocycles. The normalized spacial score (nSPS) is 19.7. The van der Waals surface area contributed by atoms with Crippen molar-refractivity contribution in [2.45, 2.75) is 24.9 Å². The van der Waals surface area contributed by atoms with Crippen LogP contribution in [0.25, 0.3) is 0 Å². The monoisotopic (exact) mass is 266 g/mol. The van der Waals surface area contributed by atoms with Crippen LogP contribution in [-0.4, -0.2) is 18.5 Å². The van der Waals surface area contributed by atoms with Gasteiger partial charge in [0.15, 0.2) is 5.78 Å². The molecule has 1 saturated heterocycles. The lowest BCUT2D eigenvalue weighted by Crippen LogP contribution is -2.26. The Morgan fingerprint density at radius 1 is 1.00 bits per heavy atom. The highest BCUT2D eigenvalue weighted by molar-refractivity contribution is 6.01. The molecule has 1 heterocycles. The van der Waals surface area contributed by atoms with Crippen LogP contribution < -0.4 is 0 Å². The van der Waals surface area contributed by atoms with Gasteiger partial charge < -0.3 is 4.74 Å². The maximum Gasteiger partial charge on any atom is 0.172 e. The van der Waals surface area contributed by atoms with E-state index in [0.29, 0.717) is 0 Å². The molecule has 2 unspecified atom stereocenters. The standard InChI is InChI=1S/C18H18O2/c19-18(15-10-5-2-6-11-15)17(16-12-7-13-20-16)14-8-3-1-4-9-14/h1-6,8-11,16-17H,7,12-13H2. The third-order valence-electron chi connectivity index (χ3n) is 3.84. The topological polar surface area (TPSA) is 26.3 Å². The number of rotatable bonds is 4. The fraction of sp³-hybridized carbons (Fsp3) is 0.278. The van der Waals surface area contributed by atoms with Gasteiger partial charge in [0.1, 0.15) is 0 Å². The second-order valence-electron chi connectivity index (χ2n) is 5.17. The van der Waals surface area contributed by atoms with Crippen LogP contribution in [0.2, 0.25) is 0 Å². The van der Waals surface area contributed by atoms with Gasteiger partial charge in [-0.15, -0.1) is 0 Å². The van der Waals surface area contributed by atoms with E-state index in [0.717, 1.165) is 30.6 Å². The predicted molar refractivity (Wildman–Crippen MR) is 78.9 cm³/mol. The highest BCUT2D eigenvalue weighted by Crippen LogP contribution is 2.31. The van der Waals surface area contributed by atoms with Crippen molar-refractivity contribution >= 4 is 5.78 Å². The Balaban J connectivity index is 1.95. The maximum absolute atomic E-state index is 12.9. The Labute approximate surface area is 119 Å². The molecule has 0 spiro atoms. The van der Waals surface area contributed by atoms with Crippen LogP contribution in [0.3, 0.4) is 0 Å². The summed E-state index contributed by atoms with van der Waals surface area (Å²) < 4.78 is 5.79. The van der Waals surface area contributed by atoms with E-state index in [2.05, 4.69) is 0 Å². The summed E-state index contributed by atoms with van der Waals surface area (Å²) in [6.07, 6.45) is 2.00. The molecule has 0 N–H and O–H groups in total. The van der Waals surface area contributed by atoms with Gasteiger partial charge in [-0.05, 0) is 18.4 Å². The van der Waals surface area contributed by atoms with Crippen molar-refractivity contribution < 1.29 is 9.53 Å². The van der Waals surface area contributed by atoms with Crippen LogP contribution in [-0.2, 0) is 4.74 Å². The number of carbonyl (C=O) groups is 1. The fourth-order valence-electron chi connectivity index (χ4n) is 2.84. The van der Waals surface area contributed by atoms with Gasteiger partial charge in [-0.1, -0.05) is 60.7 Å². The fourth-order valence-corrected chi connectivity index (χ4v) is 2.84. The number of benzene rings is 2. The predicted octanol–water partition coefficient (Wildman–Crippen LogP) is 3.83. The molecule has 1 fully saturated rings. The molecule has 2 aromatic rings. The largest absolute Gasteiger partial charge is 0.377 e. The molecule has 0 amide bonds. The molecule has 0 aliphatic carbocycles. The lowest BCUT2D eigenvalue weighted by molar-refractivity contribution is 0.0676. The minimum atomic E-state index is -0.193. The SMILES string of the molecule is O=C(c1ccccc1)C(c1ccccc1)C1CCCO1. The first-order valence-corrected chi connectivity index (χ1v) is 7.12. The van der Waals surface area contributed by atoms with Gasteiger partial charge in [-0.25, -0.2) is 0 Å². The Bertz CT molecular complexity index is 556. The summed E-state index contributed by atoms with van der Waals surface area (Å²) >= 11 is 0. The average Bonchev–Trinajstić information content (AvgIpc) is 3.03. The zero-order valence-corrected chi connectivity index (χ0v) is 11.4. The van der Waals surface area contributed by atoms with Gasteiger partial charge in [0, 0.05) is 12.2 Å². The van der Waals surface area contributed by atoms with Crippen LogP contribution in [0, 0.1) is 0 Å². The summed E-state index contributed by atoms with van der Waals surface area (Å²) in [6.45, 7) is 0.760. The number of hydrogen-bond donors (Lipinski definition) is 0. The number of carbonyl (C=O) groups excluding carboxylic acids is 1. The summed E-state index contributed by atoms with van der Waals surface area (Å²) in [5.74, 6) is -0.0372. The van der Waals surface area contributed by atoms with E-state index in [-0.39, 0.29) is 17.8 Å². The van der Waals surface area contributed by atoms with Gasteiger partial charge in [0.05, 0.1) is 12.0 Å². The van der Waals surface area contributed by atoms with Crippen molar-refractivity contribution in [2.75, 3.05) is 6.61 Å². The summed E-state index contributed by atoms with van der Waals surface area (Å²) in [6, 6.07) is 19.5. The summed E-state index contributed by atoms with van der Waals surface area (Å²) in [4.78, 5) is 12.9. The number of ether oxygens (including phenoxy) is 1. The molecule has 2 nitrogen and oxygen atoms in total. The molecule has 2 atom stereocenters. The number of hydrogen-bond acceptors (Lipinski definition) is 2. The average molecular weight is 266 g/mol. The van der Waals surface area contributed by atoms with Crippen molar-refractivity contribution in [2.24, 2.45) is 0 Å². The highest BCUT2D eigenvalue weighted by atomic mass is 16.5. The van der Waals surface area contributed by atoms with Gasteiger partial charge in [-0.2, -0.15) is 0 Å². The Kier molecular flexibility index (Phi) is 3.93. The molecule has 0 aromatic heterocycles. The van der Waals surface area contributed by atoms with Gasteiger partial charge in [-0.3, -0.25) is 4.79 Å². The Morgan fingerprint density at radius 2 is 1.65 bits per heavy atom. The first-order valence-electron chi connectivity index (χ1n) is 7.12. The molecule has 20 heavy (non-hydrogen) atoms. The van der Waals surface area contributed by atoms with E-state index in [9.17, 15) is 4.79 Å². The van der Waals surface area contributed by atoms with E-state index < -0.39 is 0 Å². The van der Waals surface area contributed by atoms with E-state index >= 15 is 0 Å². The van der Waals surface area contributed by atoms with Crippen molar-refractivity contribution in [1.29, 1.82) is 0 Å². The van der Waals surface area contributed by atoms with Crippen LogP contribution in [0.4, 0.5) is 0 Å². The van der Waals surface area contributed by atoms with Crippen molar-refractivity contribution in [1.82, 2.24) is 0 Å². The van der Waals surface area contributed by atoms with Gasteiger partial charge in [0.2, 0.25) is 0 Å². The Hall–Kier alpha value is -1.93. The molecule has 0 radical (unpaired) electrons. The minimum Gasteiger partial charge on any atom is -0.377 e. The van der Waals surface area contributed by atoms with E-state index in [1.54, 1.807) is 0 Å². The molecule has 0 saturated carbocycles. The summed E-state index contributed by atoms with van der Waals surface area (Å²) in [5.41, 5.74) is 1.81. The molecule has 102 valence electrons. The smallest absolute Gasteiger partial charge is 0.172 e. The van der Waals surface area contributed by atoms with Crippen LogP contribution in [0.1, 0.15) is 34.7 Å². The molecule has 2 heteroatoms. The van der Waals surface area contributed by atoms with E-state index in [1.807, 2.05) is 60.7 Å². The number of ketones is 1. The molecule has 1 aliphatic heterocycles. The maximum atomic E-state index is 12.9. The quantitative estimate of drug-likeness (QED) is 0.786. The number of Topliss-reactive ketones (excluding diaryl/α,β-unsaturated/α-hetero) is 1. The minimum absolute atomic E-state index is 0.00473. The van der Waals surface area contributed by atoms with Crippen LogP contribution in [0.5, 0.6) is 0 Å². The van der Waals surface area contributed by atoms with Gasteiger partial charge in [0.25, 0.3) is 0 Å². The summed E-state index contributed by atoms with van der Waals surface area (Å²) in [7, 11) is 0. The van der Waals surface area contributed by atoms with E-state index in [1.165, 1.54) is 0 Å². The first-order chi connectivity index (χ1) is 9.86. The molecule has 1 aliphatic rings. The van der Waals surface area contributed by atoms with Crippen molar-refractivity contribution in [3.63, 3.8) is 0 Å². The molecular formula is C18H18O2. The zero-order chi connectivity index (χ0) is 13.8. The molecule has 0 bridgehead atoms. The van der Waals surface area contributed by atoms with Crippen molar-refractivity contribution in [3.05, 3.63) is 71.8 Å². The third-order valence-corrected chi connectivity index (χ3v) is 3.84. The van der Waals surface area contributed by atoms with Crippen LogP contribution >= 0.6 is 0 Å². The summed E-state index contributed by atoms with van der Waals surface area (Å²) in [5, 5.41) is 0.